The van der Waals surface area contributed by atoms with Crippen LogP contribution in [0.3, 0.4) is 0 Å². The van der Waals surface area contributed by atoms with Crippen LogP contribution in [0.25, 0.3) is 11.1 Å². The van der Waals surface area contributed by atoms with Crippen molar-refractivity contribution in [2.75, 3.05) is 6.61 Å². The summed E-state index contributed by atoms with van der Waals surface area (Å²) < 4.78 is 47.5. The zero-order valence-corrected chi connectivity index (χ0v) is 19.5. The average Bonchev–Trinajstić information content (AvgIpc) is 2.79. The van der Waals surface area contributed by atoms with Crippen LogP contribution in [0.1, 0.15) is 27.9 Å². The molecule has 1 aliphatic heterocycles. The largest absolute Gasteiger partial charge is 0.493 e. The summed E-state index contributed by atoms with van der Waals surface area (Å²) in [5, 5.41) is 12.1. The number of carbonyl (C=O) groups excluding carboxylic acids is 1. The van der Waals surface area contributed by atoms with Gasteiger partial charge in [-0.05, 0) is 48.2 Å². The third-order valence-corrected chi connectivity index (χ3v) is 6.25. The highest BCUT2D eigenvalue weighted by Crippen LogP contribution is 2.43. The highest BCUT2D eigenvalue weighted by atomic mass is 35.5. The smallest absolute Gasteiger partial charge is 0.326 e. The van der Waals surface area contributed by atoms with Crippen molar-refractivity contribution in [3.8, 4) is 16.9 Å². The van der Waals surface area contributed by atoms with Gasteiger partial charge in [0.1, 0.15) is 34.8 Å². The second-order valence-electron chi connectivity index (χ2n) is 7.94. The third-order valence-electron chi connectivity index (χ3n) is 5.65. The van der Waals surface area contributed by atoms with Crippen molar-refractivity contribution in [1.82, 2.24) is 5.32 Å². The first kappa shape index (κ1) is 24.9. The second kappa shape index (κ2) is 10.2. The minimum absolute atomic E-state index is 0.109. The quantitative estimate of drug-likeness (QED) is 0.426. The van der Waals surface area contributed by atoms with Gasteiger partial charge in [-0.3, -0.25) is 4.79 Å². The van der Waals surface area contributed by atoms with Gasteiger partial charge < -0.3 is 15.2 Å². The Kier molecular flexibility index (Phi) is 7.23. The third kappa shape index (κ3) is 5.09. The van der Waals surface area contributed by atoms with Crippen LogP contribution in [0.4, 0.5) is 13.2 Å². The number of carbonyl (C=O) groups is 2. The SMILES string of the molecule is O=C(N[C@@H](Cc1ccc(-c2c(Cl)cc(F)cc2Cl)c2c1OCCC2)C(=O)O)c1c(F)cccc1F. The van der Waals surface area contributed by atoms with E-state index in [0.717, 1.165) is 30.3 Å². The number of hydrogen-bond donors (Lipinski definition) is 2. The van der Waals surface area contributed by atoms with Gasteiger partial charge in [0.2, 0.25) is 0 Å². The van der Waals surface area contributed by atoms with Crippen LogP contribution >= 0.6 is 23.2 Å². The van der Waals surface area contributed by atoms with E-state index in [1.165, 1.54) is 0 Å². The fourth-order valence-corrected chi connectivity index (χ4v) is 4.75. The zero-order chi connectivity index (χ0) is 25.3. The minimum Gasteiger partial charge on any atom is -0.493 e. The van der Waals surface area contributed by atoms with Crippen molar-refractivity contribution in [3.05, 3.63) is 86.7 Å². The summed E-state index contributed by atoms with van der Waals surface area (Å²) in [6, 6.07) is 6.97. The van der Waals surface area contributed by atoms with Crippen molar-refractivity contribution in [2.45, 2.75) is 25.3 Å². The maximum absolute atomic E-state index is 14.0. The predicted octanol–water partition coefficient (Wildman–Crippen LogP) is 5.83. The molecule has 0 radical (unpaired) electrons. The van der Waals surface area contributed by atoms with Gasteiger partial charge in [-0.25, -0.2) is 18.0 Å². The number of carboxylic acids is 1. The lowest BCUT2D eigenvalue weighted by Crippen LogP contribution is -2.43. The summed E-state index contributed by atoms with van der Waals surface area (Å²) >= 11 is 12.5. The summed E-state index contributed by atoms with van der Waals surface area (Å²) in [4.78, 5) is 24.4. The lowest BCUT2D eigenvalue weighted by molar-refractivity contribution is -0.139. The normalized spacial score (nSPS) is 13.5. The molecule has 0 aromatic heterocycles. The number of hydrogen-bond acceptors (Lipinski definition) is 3. The Bertz CT molecular complexity index is 1290. The van der Waals surface area contributed by atoms with E-state index >= 15 is 0 Å². The van der Waals surface area contributed by atoms with Crippen LogP contribution in [0.2, 0.25) is 10.0 Å². The molecule has 3 aromatic rings. The lowest BCUT2D eigenvalue weighted by Gasteiger charge is -2.25. The zero-order valence-electron chi connectivity index (χ0n) is 18.0. The van der Waals surface area contributed by atoms with Crippen LogP contribution in [0.5, 0.6) is 5.75 Å². The Morgan fingerprint density at radius 2 is 1.71 bits per heavy atom. The van der Waals surface area contributed by atoms with Crippen LogP contribution < -0.4 is 10.1 Å². The Morgan fingerprint density at radius 1 is 1.06 bits per heavy atom. The fraction of sp³-hybridized carbons (Fsp3) is 0.200. The molecule has 0 aliphatic carbocycles. The number of aliphatic carboxylic acids is 1. The van der Waals surface area contributed by atoms with Gasteiger partial charge in [0.15, 0.2) is 0 Å². The maximum Gasteiger partial charge on any atom is 0.326 e. The van der Waals surface area contributed by atoms with Crippen LogP contribution in [-0.4, -0.2) is 29.6 Å². The molecule has 0 saturated heterocycles. The number of fused-ring (bicyclic) bond motifs is 1. The molecular formula is C25H18Cl2F3NO4. The molecule has 4 rings (SSSR count). The molecule has 1 amide bonds. The molecule has 1 atom stereocenters. The van der Waals surface area contributed by atoms with Crippen LogP contribution in [0.15, 0.2) is 42.5 Å². The summed E-state index contributed by atoms with van der Waals surface area (Å²) in [7, 11) is 0. The molecule has 0 unspecified atom stereocenters. The lowest BCUT2D eigenvalue weighted by atomic mass is 9.90. The van der Waals surface area contributed by atoms with Crippen LogP contribution in [0, 0.1) is 17.5 Å². The van der Waals surface area contributed by atoms with Gasteiger partial charge in [-0.1, -0.05) is 41.4 Å². The first-order valence-corrected chi connectivity index (χ1v) is 11.3. The maximum atomic E-state index is 14.0. The summed E-state index contributed by atoms with van der Waals surface area (Å²) in [5.41, 5.74) is 1.33. The van der Waals surface area contributed by atoms with Gasteiger partial charge in [0, 0.05) is 17.5 Å². The van der Waals surface area contributed by atoms with Gasteiger partial charge >= 0.3 is 5.97 Å². The summed E-state index contributed by atoms with van der Waals surface area (Å²) in [6.07, 6.45) is 1.02. The number of carboxylic acid groups (broad SMARTS) is 1. The molecule has 0 fully saturated rings. The first-order chi connectivity index (χ1) is 16.7. The number of ether oxygens (including phenoxy) is 1. The van der Waals surface area contributed by atoms with E-state index < -0.39 is 40.9 Å². The number of amides is 1. The summed E-state index contributed by atoms with van der Waals surface area (Å²) in [6.45, 7) is 0.374. The van der Waals surface area contributed by atoms with E-state index in [1.807, 2.05) is 0 Å². The molecule has 1 aliphatic rings. The van der Waals surface area contributed by atoms with Gasteiger partial charge in [-0.15, -0.1) is 0 Å². The second-order valence-corrected chi connectivity index (χ2v) is 8.76. The molecule has 182 valence electrons. The molecule has 2 N–H and O–H groups in total. The highest BCUT2D eigenvalue weighted by Gasteiger charge is 2.28. The molecule has 0 spiro atoms. The molecule has 10 heteroatoms. The molecular weight excluding hydrogens is 506 g/mol. The van der Waals surface area contributed by atoms with Gasteiger partial charge in [-0.2, -0.15) is 0 Å². The number of nitrogens with one attached hydrogen (secondary N) is 1. The van der Waals surface area contributed by atoms with E-state index in [4.69, 9.17) is 27.9 Å². The van der Waals surface area contributed by atoms with E-state index in [0.29, 0.717) is 47.5 Å². The molecule has 5 nitrogen and oxygen atoms in total. The first-order valence-electron chi connectivity index (χ1n) is 10.6. The van der Waals surface area contributed by atoms with Crippen molar-refractivity contribution in [1.29, 1.82) is 0 Å². The number of rotatable bonds is 6. The van der Waals surface area contributed by atoms with E-state index in [1.54, 1.807) is 12.1 Å². The van der Waals surface area contributed by atoms with Crippen molar-refractivity contribution in [2.24, 2.45) is 0 Å². The summed E-state index contributed by atoms with van der Waals surface area (Å²) in [5.74, 6) is -4.98. The van der Waals surface area contributed by atoms with E-state index in [9.17, 15) is 27.9 Å². The Hall–Kier alpha value is -3.23. The molecule has 0 bridgehead atoms. The molecule has 35 heavy (non-hydrogen) atoms. The van der Waals surface area contributed by atoms with Gasteiger partial charge in [0.25, 0.3) is 5.91 Å². The Morgan fingerprint density at radius 3 is 2.34 bits per heavy atom. The highest BCUT2D eigenvalue weighted by molar-refractivity contribution is 6.39. The monoisotopic (exact) mass is 523 g/mol. The average molecular weight is 524 g/mol. The predicted molar refractivity (Wildman–Crippen MR) is 125 cm³/mol. The Balaban J connectivity index is 1.69. The van der Waals surface area contributed by atoms with Gasteiger partial charge in [0.05, 0.1) is 16.7 Å². The van der Waals surface area contributed by atoms with E-state index in [-0.39, 0.29) is 16.5 Å². The fourth-order valence-electron chi connectivity index (χ4n) is 4.09. The van der Waals surface area contributed by atoms with E-state index in [2.05, 4.69) is 5.32 Å². The molecule has 3 aromatic carbocycles. The molecule has 1 heterocycles. The van der Waals surface area contributed by atoms with Crippen molar-refractivity contribution < 1.29 is 32.6 Å². The number of halogens is 5. The minimum atomic E-state index is -1.50. The standard InChI is InChI=1S/C25H18Cl2F3NO4/c26-16-10-13(28)11-17(27)21(16)14-7-6-12(23-15(14)3-2-8-35-23)9-20(25(33)34)31-24(32)22-18(29)4-1-5-19(22)30/h1,4-7,10-11,20H,2-3,8-9H2,(H,31,32)(H,33,34)/t20-/m0/s1. The topological polar surface area (TPSA) is 75.6 Å². The molecule has 0 saturated carbocycles. The Labute approximate surface area is 208 Å². The van der Waals surface area contributed by atoms with Crippen molar-refractivity contribution in [3.63, 3.8) is 0 Å². The van der Waals surface area contributed by atoms with Crippen LogP contribution in [-0.2, 0) is 17.6 Å². The van der Waals surface area contributed by atoms with Crippen molar-refractivity contribution >= 4 is 35.1 Å². The number of benzene rings is 3.